The van der Waals surface area contributed by atoms with Crippen LogP contribution in [0.4, 0.5) is 14.5 Å². The zero-order valence-corrected chi connectivity index (χ0v) is 11.3. The van der Waals surface area contributed by atoms with Crippen LogP contribution in [0, 0.1) is 21.7 Å². The summed E-state index contributed by atoms with van der Waals surface area (Å²) >= 11 is 0. The largest absolute Gasteiger partial charge is 0.304 e. The zero-order valence-electron chi connectivity index (χ0n) is 10.5. The summed E-state index contributed by atoms with van der Waals surface area (Å²) in [5.41, 5.74) is -0.690. The van der Waals surface area contributed by atoms with Crippen LogP contribution in [0.25, 0.3) is 0 Å². The summed E-state index contributed by atoms with van der Waals surface area (Å²) in [6.07, 6.45) is 0. The van der Waals surface area contributed by atoms with E-state index in [0.717, 1.165) is 30.3 Å². The highest BCUT2D eigenvalue weighted by Gasteiger charge is 2.19. The molecule has 0 amide bonds. The summed E-state index contributed by atoms with van der Waals surface area (Å²) in [7, 11) is -3.86. The summed E-state index contributed by atoms with van der Waals surface area (Å²) in [6.45, 7) is 0. The molecule has 0 saturated heterocycles. The molecule has 0 saturated carbocycles. The van der Waals surface area contributed by atoms with E-state index in [1.807, 2.05) is 0 Å². The molecule has 2 aromatic carbocycles. The van der Waals surface area contributed by atoms with Crippen molar-refractivity contribution in [1.29, 1.82) is 0 Å². The molecule has 2 rings (SSSR count). The molecule has 110 valence electrons. The van der Waals surface area contributed by atoms with E-state index in [0.29, 0.717) is 0 Å². The van der Waals surface area contributed by atoms with Crippen molar-refractivity contribution in [2.24, 2.45) is 0 Å². The van der Waals surface area contributed by atoms with Gasteiger partial charge in [-0.25, -0.2) is 12.8 Å². The van der Waals surface area contributed by atoms with Gasteiger partial charge in [0.25, 0.3) is 0 Å². The van der Waals surface area contributed by atoms with E-state index in [-0.39, 0.29) is 10.5 Å². The fourth-order valence-electron chi connectivity index (χ4n) is 1.75. The minimum absolute atomic E-state index is 0.0439. The SMILES string of the molecule is O=[N+]([O-])c1ccc(CS(=O)(=O)c2cccc(F)c2)cc1F. The molecule has 0 fully saturated rings. The molecule has 21 heavy (non-hydrogen) atoms. The van der Waals surface area contributed by atoms with Crippen molar-refractivity contribution in [2.45, 2.75) is 10.6 Å². The first-order chi connectivity index (χ1) is 9.79. The third kappa shape index (κ3) is 3.40. The van der Waals surface area contributed by atoms with Crippen LogP contribution in [0.5, 0.6) is 0 Å². The molecule has 0 aliphatic rings. The monoisotopic (exact) mass is 313 g/mol. The second-order valence-corrected chi connectivity index (χ2v) is 6.25. The van der Waals surface area contributed by atoms with Crippen LogP contribution in [-0.2, 0) is 15.6 Å². The van der Waals surface area contributed by atoms with Crippen LogP contribution in [0.15, 0.2) is 47.4 Å². The van der Waals surface area contributed by atoms with Crippen LogP contribution in [0.1, 0.15) is 5.56 Å². The fourth-order valence-corrected chi connectivity index (χ4v) is 3.11. The van der Waals surface area contributed by atoms with Crippen molar-refractivity contribution in [3.8, 4) is 0 Å². The maximum Gasteiger partial charge on any atom is 0.304 e. The van der Waals surface area contributed by atoms with E-state index in [2.05, 4.69) is 0 Å². The van der Waals surface area contributed by atoms with Crippen molar-refractivity contribution in [2.75, 3.05) is 0 Å². The smallest absolute Gasteiger partial charge is 0.258 e. The summed E-state index contributed by atoms with van der Waals surface area (Å²) in [6, 6.07) is 7.26. The van der Waals surface area contributed by atoms with Crippen molar-refractivity contribution in [3.05, 3.63) is 69.8 Å². The highest BCUT2D eigenvalue weighted by Crippen LogP contribution is 2.22. The van der Waals surface area contributed by atoms with Crippen LogP contribution in [0.3, 0.4) is 0 Å². The molecule has 8 heteroatoms. The molecule has 0 N–H and O–H groups in total. The summed E-state index contributed by atoms with van der Waals surface area (Å²) in [4.78, 5) is 9.35. The molecule has 0 heterocycles. The van der Waals surface area contributed by atoms with E-state index >= 15 is 0 Å². The first-order valence-electron chi connectivity index (χ1n) is 5.71. The van der Waals surface area contributed by atoms with Crippen LogP contribution >= 0.6 is 0 Å². The van der Waals surface area contributed by atoms with Gasteiger partial charge in [0.1, 0.15) is 5.82 Å². The Balaban J connectivity index is 2.33. The number of hydrogen-bond donors (Lipinski definition) is 0. The van der Waals surface area contributed by atoms with Gasteiger partial charge in [0.15, 0.2) is 9.84 Å². The summed E-state index contributed by atoms with van der Waals surface area (Å²) in [5, 5.41) is 10.5. The van der Waals surface area contributed by atoms with Crippen molar-refractivity contribution in [3.63, 3.8) is 0 Å². The lowest BCUT2D eigenvalue weighted by atomic mass is 10.2. The molecule has 2 aromatic rings. The minimum atomic E-state index is -3.86. The maximum absolute atomic E-state index is 13.4. The Bertz CT molecular complexity index is 806. The van der Waals surface area contributed by atoms with E-state index in [4.69, 9.17) is 0 Å². The number of nitro benzene ring substituents is 1. The van der Waals surface area contributed by atoms with Gasteiger partial charge in [0.05, 0.1) is 15.6 Å². The number of rotatable bonds is 4. The normalized spacial score (nSPS) is 11.3. The second-order valence-electron chi connectivity index (χ2n) is 4.26. The average molecular weight is 313 g/mol. The topological polar surface area (TPSA) is 77.3 Å². The molecule has 0 aliphatic carbocycles. The third-order valence-electron chi connectivity index (χ3n) is 2.72. The number of halogens is 2. The number of nitro groups is 1. The minimum Gasteiger partial charge on any atom is -0.258 e. The van der Waals surface area contributed by atoms with Crippen molar-refractivity contribution < 1.29 is 22.1 Å². The molecule has 0 aliphatic heterocycles. The van der Waals surface area contributed by atoms with Gasteiger partial charge in [0, 0.05) is 6.07 Å². The number of hydrogen-bond acceptors (Lipinski definition) is 4. The number of sulfone groups is 1. The highest BCUT2D eigenvalue weighted by atomic mass is 32.2. The lowest BCUT2D eigenvalue weighted by molar-refractivity contribution is -0.387. The molecular formula is C13H9F2NO4S. The summed E-state index contributed by atoms with van der Waals surface area (Å²) < 4.78 is 50.6. The summed E-state index contributed by atoms with van der Waals surface area (Å²) in [5.74, 6) is -2.40. The Morgan fingerprint density at radius 2 is 1.81 bits per heavy atom. The van der Waals surface area contributed by atoms with Crippen molar-refractivity contribution >= 4 is 15.5 Å². The van der Waals surface area contributed by atoms with Crippen molar-refractivity contribution in [1.82, 2.24) is 0 Å². The first kappa shape index (κ1) is 15.0. The predicted octanol–water partition coefficient (Wildman–Crippen LogP) is 2.85. The first-order valence-corrected chi connectivity index (χ1v) is 7.36. The van der Waals surface area contributed by atoms with Gasteiger partial charge < -0.3 is 0 Å². The second kappa shape index (κ2) is 5.57. The zero-order chi connectivity index (χ0) is 15.6. The molecular weight excluding hydrogens is 304 g/mol. The average Bonchev–Trinajstić information content (AvgIpc) is 2.37. The van der Waals surface area contributed by atoms with Crippen LogP contribution in [-0.4, -0.2) is 13.3 Å². The Hall–Kier alpha value is -2.35. The van der Waals surface area contributed by atoms with E-state index in [9.17, 15) is 27.3 Å². The molecule has 0 bridgehead atoms. The lowest BCUT2D eigenvalue weighted by Crippen LogP contribution is -2.06. The Morgan fingerprint density at radius 1 is 1.10 bits per heavy atom. The molecule has 5 nitrogen and oxygen atoms in total. The predicted molar refractivity (Wildman–Crippen MR) is 70.3 cm³/mol. The molecule has 0 radical (unpaired) electrons. The van der Waals surface area contributed by atoms with Gasteiger partial charge in [-0.2, -0.15) is 4.39 Å². The maximum atomic E-state index is 13.4. The number of nitrogens with zero attached hydrogens (tertiary/aromatic N) is 1. The fraction of sp³-hybridized carbons (Fsp3) is 0.0769. The molecule has 0 atom stereocenters. The standard InChI is InChI=1S/C13H9F2NO4S/c14-10-2-1-3-11(7-10)21(19,20)8-9-4-5-13(16(17)18)12(15)6-9/h1-7H,8H2. The molecule has 0 unspecified atom stereocenters. The molecule has 0 spiro atoms. The van der Waals surface area contributed by atoms with Gasteiger partial charge in [-0.15, -0.1) is 0 Å². The lowest BCUT2D eigenvalue weighted by Gasteiger charge is -2.05. The number of benzene rings is 2. The van der Waals surface area contributed by atoms with Gasteiger partial charge in [-0.1, -0.05) is 12.1 Å². The Kier molecular flexibility index (Phi) is 3.99. The Morgan fingerprint density at radius 3 is 2.38 bits per heavy atom. The third-order valence-corrected chi connectivity index (χ3v) is 4.41. The van der Waals surface area contributed by atoms with E-state index < -0.39 is 37.8 Å². The Labute approximate surface area is 118 Å². The van der Waals surface area contributed by atoms with Gasteiger partial charge >= 0.3 is 5.69 Å². The van der Waals surface area contributed by atoms with Crippen LogP contribution in [0.2, 0.25) is 0 Å². The van der Waals surface area contributed by atoms with Gasteiger partial charge in [-0.05, 0) is 29.8 Å². The van der Waals surface area contributed by atoms with Gasteiger partial charge in [0.2, 0.25) is 5.82 Å². The quantitative estimate of drug-likeness (QED) is 0.642. The highest BCUT2D eigenvalue weighted by molar-refractivity contribution is 7.90. The van der Waals surface area contributed by atoms with E-state index in [1.54, 1.807) is 0 Å². The van der Waals surface area contributed by atoms with Crippen LogP contribution < -0.4 is 0 Å². The van der Waals surface area contributed by atoms with E-state index in [1.165, 1.54) is 12.1 Å². The van der Waals surface area contributed by atoms with Gasteiger partial charge in [-0.3, -0.25) is 10.1 Å². The molecule has 0 aromatic heterocycles.